The number of carboxylic acid groups (broad SMARTS) is 1. The average molecular weight is 465 g/mol. The highest BCUT2D eigenvalue weighted by atomic mass is 16.5. The lowest BCUT2D eigenvalue weighted by molar-refractivity contribution is -0.146. The molecule has 1 saturated heterocycles. The van der Waals surface area contributed by atoms with Gasteiger partial charge < -0.3 is 24.8 Å². The van der Waals surface area contributed by atoms with Crippen molar-refractivity contribution in [2.24, 2.45) is 0 Å². The Hall–Kier alpha value is -3.65. The fraction of sp³-hybridized carbons (Fsp3) is 0.346. The van der Waals surface area contributed by atoms with Crippen LogP contribution < -0.4 is 5.32 Å². The molecule has 8 heteroatoms. The summed E-state index contributed by atoms with van der Waals surface area (Å²) in [4.78, 5) is 37.8. The molecule has 2 N–H and O–H groups in total. The van der Waals surface area contributed by atoms with Crippen molar-refractivity contribution in [2.45, 2.75) is 31.4 Å². The molecule has 1 heterocycles. The maximum absolute atomic E-state index is 12.7. The van der Waals surface area contributed by atoms with Gasteiger partial charge in [-0.3, -0.25) is 4.79 Å². The van der Waals surface area contributed by atoms with Crippen LogP contribution in [0.3, 0.4) is 0 Å². The smallest absolute Gasteiger partial charge is 0.407 e. The zero-order valence-corrected chi connectivity index (χ0v) is 19.2. The van der Waals surface area contributed by atoms with Crippen LogP contribution in [0.1, 0.15) is 30.4 Å². The van der Waals surface area contributed by atoms with E-state index >= 15 is 0 Å². The molecular weight excluding hydrogens is 436 g/mol. The van der Waals surface area contributed by atoms with E-state index < -0.39 is 18.1 Å². The van der Waals surface area contributed by atoms with Crippen molar-refractivity contribution >= 4 is 18.0 Å². The Morgan fingerprint density at radius 3 is 2.29 bits per heavy atom. The highest BCUT2D eigenvalue weighted by molar-refractivity contribution is 5.96. The summed E-state index contributed by atoms with van der Waals surface area (Å²) in [7, 11) is 1.50. The Morgan fingerprint density at radius 2 is 1.71 bits per heavy atom. The first kappa shape index (κ1) is 23.5. The van der Waals surface area contributed by atoms with Gasteiger partial charge in [-0.2, -0.15) is 0 Å². The average Bonchev–Trinajstić information content (AvgIpc) is 3.42. The highest BCUT2D eigenvalue weighted by Crippen LogP contribution is 2.44. The normalized spacial score (nSPS) is 19.5. The third-order valence-electron chi connectivity index (χ3n) is 6.48. The van der Waals surface area contributed by atoms with Crippen molar-refractivity contribution < 1.29 is 29.0 Å². The molecule has 0 bridgehead atoms. The number of nitrogens with zero attached hydrogens (tertiary/aromatic N) is 1. The van der Waals surface area contributed by atoms with Crippen LogP contribution >= 0.6 is 0 Å². The molecule has 4 rings (SSSR count). The Labute approximate surface area is 198 Å². The number of rotatable bonds is 7. The molecule has 2 aliphatic rings. The van der Waals surface area contributed by atoms with Gasteiger partial charge >= 0.3 is 12.1 Å². The minimum absolute atomic E-state index is 0.0335. The quantitative estimate of drug-likeness (QED) is 0.610. The van der Waals surface area contributed by atoms with E-state index in [1.807, 2.05) is 24.3 Å². The molecule has 0 saturated carbocycles. The molecule has 2 atom stereocenters. The number of carboxylic acids is 1. The minimum atomic E-state index is -1.06. The van der Waals surface area contributed by atoms with Crippen LogP contribution in [0.25, 0.3) is 11.1 Å². The van der Waals surface area contributed by atoms with Crippen LogP contribution in [0.15, 0.2) is 60.2 Å². The van der Waals surface area contributed by atoms with E-state index in [-0.39, 0.29) is 44.0 Å². The van der Waals surface area contributed by atoms with Gasteiger partial charge in [0.1, 0.15) is 12.6 Å². The first-order chi connectivity index (χ1) is 16.4. The van der Waals surface area contributed by atoms with Crippen molar-refractivity contribution in [3.63, 3.8) is 0 Å². The summed E-state index contributed by atoms with van der Waals surface area (Å²) in [5.74, 6) is -1.48. The summed E-state index contributed by atoms with van der Waals surface area (Å²) in [6.45, 7) is 2.11. The maximum Gasteiger partial charge on any atom is 0.407 e. The molecule has 2 amide bonds. The second kappa shape index (κ2) is 10.1. The largest absolute Gasteiger partial charge is 0.480 e. The predicted octanol–water partition coefficient (Wildman–Crippen LogP) is 3.17. The number of alkyl carbamates (subject to hydrolysis) is 1. The number of hydrogen-bond donors (Lipinski definition) is 2. The van der Waals surface area contributed by atoms with Crippen LogP contribution in [0, 0.1) is 0 Å². The lowest BCUT2D eigenvalue weighted by Crippen LogP contribution is -2.41. The molecule has 0 aromatic heterocycles. The molecule has 8 nitrogen and oxygen atoms in total. The molecule has 0 radical (unpaired) electrons. The van der Waals surface area contributed by atoms with Crippen LogP contribution in [0.5, 0.6) is 0 Å². The molecule has 2 unspecified atom stereocenters. The Balaban J connectivity index is 1.32. The first-order valence-corrected chi connectivity index (χ1v) is 11.2. The van der Waals surface area contributed by atoms with Gasteiger partial charge in [0.05, 0.1) is 6.10 Å². The summed E-state index contributed by atoms with van der Waals surface area (Å²) < 4.78 is 10.7. The molecular formula is C26H28N2O6. The number of benzene rings is 2. The number of aliphatic carboxylic acids is 1. The van der Waals surface area contributed by atoms with Gasteiger partial charge in [0.2, 0.25) is 5.91 Å². The van der Waals surface area contributed by atoms with Gasteiger partial charge in [-0.1, -0.05) is 54.6 Å². The van der Waals surface area contributed by atoms with E-state index in [0.717, 1.165) is 22.3 Å². The summed E-state index contributed by atoms with van der Waals surface area (Å²) >= 11 is 0. The zero-order valence-electron chi connectivity index (χ0n) is 19.2. The van der Waals surface area contributed by atoms with E-state index in [1.54, 1.807) is 13.0 Å². The Morgan fingerprint density at radius 1 is 1.09 bits per heavy atom. The van der Waals surface area contributed by atoms with Gasteiger partial charge in [-0.05, 0) is 29.2 Å². The molecule has 2 aromatic rings. The van der Waals surface area contributed by atoms with Crippen LogP contribution in [0.2, 0.25) is 0 Å². The fourth-order valence-corrected chi connectivity index (χ4v) is 4.68. The topological polar surface area (TPSA) is 105 Å². The van der Waals surface area contributed by atoms with Crippen molar-refractivity contribution in [1.29, 1.82) is 0 Å². The molecule has 1 aliphatic heterocycles. The first-order valence-electron chi connectivity index (χ1n) is 11.2. The standard InChI is InChI=1S/C26H28N2O6/c1-16(24(29)28-14-17(33-2)13-23(28)25(30)31)11-12-27-26(32)34-15-22-20-9-5-3-7-18(20)19-8-4-6-10-21(19)22/h3-11,17,22-23H,12-15H2,1-2H3,(H,27,32)(H,30,31)/b16-11+. The van der Waals surface area contributed by atoms with Gasteiger partial charge in [-0.25, -0.2) is 9.59 Å². The van der Waals surface area contributed by atoms with Gasteiger partial charge in [0.15, 0.2) is 0 Å². The second-order valence-electron chi connectivity index (χ2n) is 8.50. The summed E-state index contributed by atoms with van der Waals surface area (Å²) in [6, 6.07) is 15.3. The molecule has 34 heavy (non-hydrogen) atoms. The van der Waals surface area contributed by atoms with E-state index in [1.165, 1.54) is 12.0 Å². The number of nitrogens with one attached hydrogen (secondary N) is 1. The van der Waals surface area contributed by atoms with Gasteiger partial charge in [0, 0.05) is 38.1 Å². The van der Waals surface area contributed by atoms with Crippen molar-refractivity contribution in [1.82, 2.24) is 10.2 Å². The van der Waals surface area contributed by atoms with Crippen molar-refractivity contribution in [2.75, 3.05) is 26.8 Å². The number of ether oxygens (including phenoxy) is 2. The summed E-state index contributed by atoms with van der Waals surface area (Å²) in [5, 5.41) is 12.0. The highest BCUT2D eigenvalue weighted by Gasteiger charge is 2.40. The monoisotopic (exact) mass is 464 g/mol. The third kappa shape index (κ3) is 4.68. The van der Waals surface area contributed by atoms with E-state index in [0.29, 0.717) is 5.57 Å². The second-order valence-corrected chi connectivity index (χ2v) is 8.50. The maximum atomic E-state index is 12.7. The lowest BCUT2D eigenvalue weighted by Gasteiger charge is -2.21. The number of carbonyl (C=O) groups is 3. The number of amides is 2. The zero-order chi connectivity index (χ0) is 24.2. The summed E-state index contributed by atoms with van der Waals surface area (Å²) in [5.41, 5.74) is 4.92. The molecule has 178 valence electrons. The van der Waals surface area contributed by atoms with Crippen molar-refractivity contribution in [3.8, 4) is 11.1 Å². The van der Waals surface area contributed by atoms with Gasteiger partial charge in [0.25, 0.3) is 0 Å². The SMILES string of the molecule is COC1CC(C(=O)O)N(C(=O)/C(C)=C/CNC(=O)OCC2c3ccccc3-c3ccccc32)C1. The number of likely N-dealkylation sites (tertiary alicyclic amines) is 1. The number of fused-ring (bicyclic) bond motifs is 3. The fourth-order valence-electron chi connectivity index (χ4n) is 4.68. The molecule has 2 aromatic carbocycles. The molecule has 1 fully saturated rings. The van der Waals surface area contributed by atoms with Crippen molar-refractivity contribution in [3.05, 3.63) is 71.3 Å². The summed E-state index contributed by atoms with van der Waals surface area (Å²) in [6.07, 6.45) is 0.922. The van der Waals surface area contributed by atoms with E-state index in [9.17, 15) is 19.5 Å². The number of carbonyl (C=O) groups excluding carboxylic acids is 2. The van der Waals surface area contributed by atoms with E-state index in [2.05, 4.69) is 29.6 Å². The third-order valence-corrected chi connectivity index (χ3v) is 6.48. The number of methoxy groups -OCH3 is 1. The lowest BCUT2D eigenvalue weighted by atomic mass is 9.98. The molecule has 0 spiro atoms. The predicted molar refractivity (Wildman–Crippen MR) is 125 cm³/mol. The van der Waals surface area contributed by atoms with Crippen LogP contribution in [0.4, 0.5) is 4.79 Å². The molecule has 1 aliphatic carbocycles. The van der Waals surface area contributed by atoms with Crippen LogP contribution in [-0.2, 0) is 19.1 Å². The Kier molecular flexibility index (Phi) is 6.98. The van der Waals surface area contributed by atoms with Gasteiger partial charge in [-0.15, -0.1) is 0 Å². The van der Waals surface area contributed by atoms with Crippen LogP contribution in [-0.4, -0.2) is 66.9 Å². The number of hydrogen-bond acceptors (Lipinski definition) is 5. The Bertz CT molecular complexity index is 1080. The van der Waals surface area contributed by atoms with E-state index in [4.69, 9.17) is 9.47 Å². The minimum Gasteiger partial charge on any atom is -0.480 e.